The van der Waals surface area contributed by atoms with Crippen LogP contribution in [0.3, 0.4) is 0 Å². The molecule has 8 heteroatoms. The van der Waals surface area contributed by atoms with Gasteiger partial charge in [0.05, 0.1) is 20.6 Å². The predicted molar refractivity (Wildman–Crippen MR) is 116 cm³/mol. The van der Waals surface area contributed by atoms with E-state index in [4.69, 9.17) is 28.3 Å². The van der Waals surface area contributed by atoms with Gasteiger partial charge in [-0.05, 0) is 42.2 Å². The number of halogens is 2. The number of fused-ring (bicyclic) bond motifs is 2. The Morgan fingerprint density at radius 3 is 2.41 bits per heavy atom. The second kappa shape index (κ2) is 8.94. The van der Waals surface area contributed by atoms with Crippen molar-refractivity contribution in [1.82, 2.24) is 0 Å². The summed E-state index contributed by atoms with van der Waals surface area (Å²) in [6.45, 7) is 0. The van der Waals surface area contributed by atoms with Crippen molar-refractivity contribution >= 4 is 44.9 Å². The summed E-state index contributed by atoms with van der Waals surface area (Å²) in [5, 5.41) is 9.30. The number of carbonyl (C=O) groups is 1. The average molecular weight is 456 g/mol. The van der Waals surface area contributed by atoms with Crippen LogP contribution < -0.4 is 4.31 Å². The van der Waals surface area contributed by atoms with Gasteiger partial charge in [-0.25, -0.2) is 8.42 Å². The third kappa shape index (κ3) is 4.55. The predicted octanol–water partition coefficient (Wildman–Crippen LogP) is 5.69. The number of nitrogens with zero attached hydrogens (tertiary/aromatic N) is 1. The molecule has 0 saturated heterocycles. The summed E-state index contributed by atoms with van der Waals surface area (Å²) in [5.74, 6) is -0.924. The van der Waals surface area contributed by atoms with Crippen molar-refractivity contribution in [1.29, 1.82) is 0 Å². The minimum Gasteiger partial charge on any atom is -0.481 e. The first-order valence-corrected chi connectivity index (χ1v) is 11.7. The van der Waals surface area contributed by atoms with Gasteiger partial charge in [0.25, 0.3) is 10.0 Å². The Morgan fingerprint density at radius 2 is 1.69 bits per heavy atom. The zero-order valence-electron chi connectivity index (χ0n) is 16.1. The zero-order chi connectivity index (χ0) is 21.2. The molecule has 0 radical (unpaired) electrons. The Kier molecular flexibility index (Phi) is 6.76. The molecule has 1 unspecified atom stereocenters. The van der Waals surface area contributed by atoms with Crippen molar-refractivity contribution in [2.75, 3.05) is 11.4 Å². The lowest BCUT2D eigenvalue weighted by Gasteiger charge is -2.21. The summed E-state index contributed by atoms with van der Waals surface area (Å²) in [6.07, 6.45) is 4.11. The lowest BCUT2D eigenvalue weighted by atomic mass is 9.85. The maximum atomic E-state index is 13.2. The number of para-hydroxylation sites is 1. The standard InChI is InChI=1S/C21H23Cl2NO4S/c1-24-19-10-7-6-9-15(19)14(8-4-2-3-5-11-21(25)26)16-12-17(22)18(23)13-20(16)29(24,27)28/h6-7,9-10,12-14H,2-5,8,11H2,1H3,(H,25,26). The van der Waals surface area contributed by atoms with Crippen LogP contribution in [0.4, 0.5) is 5.69 Å². The van der Waals surface area contributed by atoms with Crippen LogP contribution in [0, 0.1) is 0 Å². The second-order valence-corrected chi connectivity index (χ2v) is 9.99. The monoisotopic (exact) mass is 455 g/mol. The van der Waals surface area contributed by atoms with Crippen molar-refractivity contribution < 1.29 is 18.3 Å². The average Bonchev–Trinajstić information content (AvgIpc) is 2.74. The molecule has 0 bridgehead atoms. The summed E-state index contributed by atoms with van der Waals surface area (Å²) in [4.78, 5) is 10.8. The number of carboxylic acid groups (broad SMARTS) is 1. The summed E-state index contributed by atoms with van der Waals surface area (Å²) < 4.78 is 27.8. The molecule has 5 nitrogen and oxygen atoms in total. The van der Waals surface area contributed by atoms with Gasteiger partial charge in [-0.1, -0.05) is 60.7 Å². The topological polar surface area (TPSA) is 74.7 Å². The van der Waals surface area contributed by atoms with E-state index >= 15 is 0 Å². The fourth-order valence-corrected chi connectivity index (χ4v) is 5.73. The van der Waals surface area contributed by atoms with E-state index in [2.05, 4.69) is 0 Å². The lowest BCUT2D eigenvalue weighted by Crippen LogP contribution is -2.26. The van der Waals surface area contributed by atoms with Gasteiger partial charge in [0, 0.05) is 19.4 Å². The third-order valence-electron chi connectivity index (χ3n) is 5.35. The van der Waals surface area contributed by atoms with Gasteiger partial charge in [-0.2, -0.15) is 0 Å². The van der Waals surface area contributed by atoms with Gasteiger partial charge >= 0.3 is 5.97 Å². The van der Waals surface area contributed by atoms with Crippen molar-refractivity contribution in [2.24, 2.45) is 0 Å². The molecule has 2 aromatic rings. The van der Waals surface area contributed by atoms with Crippen molar-refractivity contribution in [3.8, 4) is 0 Å². The molecule has 1 aliphatic rings. The van der Waals surface area contributed by atoms with Crippen LogP contribution in [-0.2, 0) is 14.8 Å². The molecule has 1 heterocycles. The molecule has 3 rings (SSSR count). The fourth-order valence-electron chi connectivity index (χ4n) is 3.84. The first kappa shape index (κ1) is 21.9. The summed E-state index contributed by atoms with van der Waals surface area (Å²) in [5.41, 5.74) is 2.23. The normalized spacial score (nSPS) is 17.3. The fraction of sp³-hybridized carbons (Fsp3) is 0.381. The van der Waals surface area contributed by atoms with Crippen molar-refractivity contribution in [3.63, 3.8) is 0 Å². The van der Waals surface area contributed by atoms with Crippen molar-refractivity contribution in [2.45, 2.75) is 49.3 Å². The first-order valence-electron chi connectivity index (χ1n) is 9.52. The number of hydrogen-bond acceptors (Lipinski definition) is 3. The van der Waals surface area contributed by atoms with E-state index in [9.17, 15) is 13.2 Å². The Morgan fingerprint density at radius 1 is 1.03 bits per heavy atom. The smallest absolute Gasteiger partial charge is 0.303 e. The maximum Gasteiger partial charge on any atom is 0.303 e. The molecule has 1 aliphatic heterocycles. The molecule has 0 aliphatic carbocycles. The van der Waals surface area contributed by atoms with Crippen LogP contribution in [0.5, 0.6) is 0 Å². The van der Waals surface area contributed by atoms with Crippen LogP contribution in [-0.4, -0.2) is 26.5 Å². The Balaban J connectivity index is 1.98. The summed E-state index contributed by atoms with van der Waals surface area (Å²) >= 11 is 12.4. The highest BCUT2D eigenvalue weighted by Gasteiger charge is 2.35. The van der Waals surface area contributed by atoms with Gasteiger partial charge in [0.15, 0.2) is 0 Å². The second-order valence-electron chi connectivity index (χ2n) is 7.23. The van der Waals surface area contributed by atoms with Crippen LogP contribution in [0.15, 0.2) is 41.3 Å². The van der Waals surface area contributed by atoms with Gasteiger partial charge < -0.3 is 5.11 Å². The molecule has 0 aromatic heterocycles. The van der Waals surface area contributed by atoms with E-state index in [-0.39, 0.29) is 22.3 Å². The van der Waals surface area contributed by atoms with E-state index in [1.165, 1.54) is 10.4 Å². The molecule has 0 spiro atoms. The molecule has 2 aromatic carbocycles. The Labute approximate surface area is 181 Å². The highest BCUT2D eigenvalue weighted by molar-refractivity contribution is 7.92. The van der Waals surface area contributed by atoms with Gasteiger partial charge in [0.2, 0.25) is 0 Å². The van der Waals surface area contributed by atoms with Gasteiger partial charge in [-0.15, -0.1) is 0 Å². The molecule has 0 saturated carbocycles. The summed E-state index contributed by atoms with van der Waals surface area (Å²) in [7, 11) is -2.22. The number of sulfonamides is 1. The molecule has 1 N–H and O–H groups in total. The summed E-state index contributed by atoms with van der Waals surface area (Å²) in [6, 6.07) is 10.6. The highest BCUT2D eigenvalue weighted by Crippen LogP contribution is 2.45. The third-order valence-corrected chi connectivity index (χ3v) is 7.90. The number of hydrogen-bond donors (Lipinski definition) is 1. The SMILES string of the molecule is CN1c2ccccc2C(CCCCCCC(=O)O)c2cc(Cl)c(Cl)cc2S1(=O)=O. The van der Waals surface area contributed by atoms with Crippen molar-refractivity contribution in [3.05, 3.63) is 57.6 Å². The first-order chi connectivity index (χ1) is 13.7. The van der Waals surface area contributed by atoms with E-state index in [1.807, 2.05) is 24.3 Å². The zero-order valence-corrected chi connectivity index (χ0v) is 18.4. The molecule has 29 heavy (non-hydrogen) atoms. The largest absolute Gasteiger partial charge is 0.481 e. The van der Waals surface area contributed by atoms with Gasteiger partial charge in [-0.3, -0.25) is 9.10 Å². The van der Waals surface area contributed by atoms with Crippen LogP contribution in [0.2, 0.25) is 10.0 Å². The number of anilines is 1. The maximum absolute atomic E-state index is 13.2. The molecular formula is C21H23Cl2NO4S. The quantitative estimate of drug-likeness (QED) is 0.544. The Hall–Kier alpha value is -1.76. The number of unbranched alkanes of at least 4 members (excludes halogenated alkanes) is 3. The van der Waals surface area contributed by atoms with Gasteiger partial charge in [0.1, 0.15) is 0 Å². The molecular weight excluding hydrogens is 433 g/mol. The number of benzene rings is 2. The molecule has 0 fully saturated rings. The number of aliphatic carboxylic acids is 1. The minimum atomic E-state index is -3.77. The van der Waals surface area contributed by atoms with Crippen LogP contribution in [0.25, 0.3) is 0 Å². The molecule has 0 amide bonds. The van der Waals surface area contributed by atoms with E-state index in [0.29, 0.717) is 22.7 Å². The Bertz CT molecular complexity index is 1020. The van der Waals surface area contributed by atoms with E-state index in [0.717, 1.165) is 31.2 Å². The highest BCUT2D eigenvalue weighted by atomic mass is 35.5. The van der Waals surface area contributed by atoms with Crippen LogP contribution in [0.1, 0.15) is 55.6 Å². The molecule has 1 atom stereocenters. The lowest BCUT2D eigenvalue weighted by molar-refractivity contribution is -0.137. The van der Waals surface area contributed by atoms with E-state index in [1.54, 1.807) is 13.1 Å². The van der Waals surface area contributed by atoms with E-state index < -0.39 is 16.0 Å². The molecule has 156 valence electrons. The number of carboxylic acids is 1. The minimum absolute atomic E-state index is 0.143. The van der Waals surface area contributed by atoms with Crippen LogP contribution >= 0.6 is 23.2 Å². The number of rotatable bonds is 7.